The number of rotatable bonds is 6. The number of hydrogen-bond acceptors (Lipinski definition) is 8. The summed E-state index contributed by atoms with van der Waals surface area (Å²) in [6, 6.07) is -1.52. The molecule has 0 unspecified atom stereocenters. The molecule has 7 atom stereocenters. The van der Waals surface area contributed by atoms with Gasteiger partial charge in [0.05, 0.1) is 18.6 Å². The van der Waals surface area contributed by atoms with E-state index < -0.39 is 54.0 Å². The van der Waals surface area contributed by atoms with Crippen LogP contribution in [0.4, 0.5) is 0 Å². The van der Waals surface area contributed by atoms with Gasteiger partial charge in [0.25, 0.3) is 0 Å². The highest BCUT2D eigenvalue weighted by molar-refractivity contribution is 5.05. The van der Waals surface area contributed by atoms with Gasteiger partial charge in [0, 0.05) is 4.92 Å². The Hall–Kier alpha value is -1.10. The molecule has 1 aliphatic carbocycles. The smallest absolute Gasteiger partial charge is 0.247 e. The molecule has 0 saturated heterocycles. The maximum Gasteiger partial charge on any atom is 0.247 e. The SMILES string of the molecule is O=[N+]([O-])[C@H]1[C@H]([C@H](O)[C@@H](O)[C@@H](O)[C@H](O)CO)CC=C[C@H]1O. The Balaban J connectivity index is 2.86. The zero-order valence-corrected chi connectivity index (χ0v) is 10.6. The van der Waals surface area contributed by atoms with E-state index in [1.165, 1.54) is 12.2 Å². The number of hydrogen-bond donors (Lipinski definition) is 6. The van der Waals surface area contributed by atoms with E-state index in [9.17, 15) is 35.6 Å². The molecular formula is C11H19NO8. The highest BCUT2D eigenvalue weighted by atomic mass is 16.6. The summed E-state index contributed by atoms with van der Waals surface area (Å²) in [6.45, 7) is -0.837. The molecule has 0 heterocycles. The van der Waals surface area contributed by atoms with Gasteiger partial charge in [-0.25, -0.2) is 0 Å². The molecule has 0 aromatic heterocycles. The summed E-state index contributed by atoms with van der Waals surface area (Å²) in [5.74, 6) is -1.12. The normalized spacial score (nSPS) is 32.4. The molecule has 1 aliphatic rings. The van der Waals surface area contributed by atoms with Gasteiger partial charge in [-0.3, -0.25) is 10.1 Å². The second-order valence-corrected chi connectivity index (χ2v) is 4.82. The molecule has 116 valence electrons. The lowest BCUT2D eigenvalue weighted by Gasteiger charge is -2.34. The van der Waals surface area contributed by atoms with Crippen molar-refractivity contribution >= 4 is 0 Å². The van der Waals surface area contributed by atoms with Gasteiger partial charge < -0.3 is 30.6 Å². The van der Waals surface area contributed by atoms with E-state index in [1.54, 1.807) is 0 Å². The number of nitro groups is 1. The summed E-state index contributed by atoms with van der Waals surface area (Å²) < 4.78 is 0. The van der Waals surface area contributed by atoms with E-state index in [4.69, 9.17) is 5.11 Å². The highest BCUT2D eigenvalue weighted by Crippen LogP contribution is 2.28. The molecular weight excluding hydrogens is 274 g/mol. The van der Waals surface area contributed by atoms with Crippen molar-refractivity contribution in [1.29, 1.82) is 0 Å². The van der Waals surface area contributed by atoms with Crippen LogP contribution < -0.4 is 0 Å². The van der Waals surface area contributed by atoms with Crippen LogP contribution in [0.1, 0.15) is 6.42 Å². The van der Waals surface area contributed by atoms with Gasteiger partial charge in [-0.05, 0) is 6.42 Å². The summed E-state index contributed by atoms with van der Waals surface area (Å²) >= 11 is 0. The lowest BCUT2D eigenvalue weighted by Crippen LogP contribution is -2.54. The molecule has 0 spiro atoms. The first-order valence-electron chi connectivity index (χ1n) is 6.12. The van der Waals surface area contributed by atoms with Crippen LogP contribution in [0.2, 0.25) is 0 Å². The quantitative estimate of drug-likeness (QED) is 0.171. The summed E-state index contributed by atoms with van der Waals surface area (Å²) in [4.78, 5) is 10.2. The van der Waals surface area contributed by atoms with Crippen molar-refractivity contribution in [2.24, 2.45) is 5.92 Å². The molecule has 6 N–H and O–H groups in total. The Kier molecular flexibility index (Phi) is 5.99. The van der Waals surface area contributed by atoms with Crippen LogP contribution in [0.25, 0.3) is 0 Å². The number of nitrogens with zero attached hydrogens (tertiary/aromatic N) is 1. The van der Waals surface area contributed by atoms with E-state index in [0.717, 1.165) is 0 Å². The Morgan fingerprint density at radius 2 is 1.85 bits per heavy atom. The van der Waals surface area contributed by atoms with Crippen LogP contribution in [0, 0.1) is 16.0 Å². The van der Waals surface area contributed by atoms with Crippen LogP contribution in [0.5, 0.6) is 0 Å². The topological polar surface area (TPSA) is 165 Å². The highest BCUT2D eigenvalue weighted by Gasteiger charge is 2.46. The predicted octanol–water partition coefficient (Wildman–Crippen LogP) is -3.00. The molecule has 9 heteroatoms. The van der Waals surface area contributed by atoms with Crippen LogP contribution in [0.15, 0.2) is 12.2 Å². The Morgan fingerprint density at radius 3 is 2.35 bits per heavy atom. The molecule has 0 aliphatic heterocycles. The first-order valence-corrected chi connectivity index (χ1v) is 6.12. The average Bonchev–Trinajstić information content (AvgIpc) is 2.43. The van der Waals surface area contributed by atoms with Crippen molar-refractivity contribution in [1.82, 2.24) is 0 Å². The van der Waals surface area contributed by atoms with Crippen LogP contribution in [-0.4, -0.2) is 78.7 Å². The molecule has 0 amide bonds. The van der Waals surface area contributed by atoms with Gasteiger partial charge >= 0.3 is 0 Å². The fraction of sp³-hybridized carbons (Fsp3) is 0.818. The third-order valence-electron chi connectivity index (χ3n) is 3.49. The van der Waals surface area contributed by atoms with Gasteiger partial charge in [-0.2, -0.15) is 0 Å². The van der Waals surface area contributed by atoms with Gasteiger partial charge in [-0.1, -0.05) is 12.2 Å². The minimum Gasteiger partial charge on any atom is -0.394 e. The predicted molar refractivity (Wildman–Crippen MR) is 65.1 cm³/mol. The van der Waals surface area contributed by atoms with E-state index in [-0.39, 0.29) is 6.42 Å². The van der Waals surface area contributed by atoms with Crippen LogP contribution in [0.3, 0.4) is 0 Å². The van der Waals surface area contributed by atoms with Gasteiger partial charge in [0.15, 0.2) is 0 Å². The van der Waals surface area contributed by atoms with Gasteiger partial charge in [0.1, 0.15) is 24.4 Å². The number of aliphatic hydroxyl groups is 6. The summed E-state index contributed by atoms with van der Waals surface area (Å²) in [6.07, 6.45) is -5.89. The zero-order valence-electron chi connectivity index (χ0n) is 10.6. The molecule has 0 aromatic carbocycles. The van der Waals surface area contributed by atoms with Crippen molar-refractivity contribution in [2.45, 2.75) is 43.0 Å². The summed E-state index contributed by atoms with van der Waals surface area (Å²) in [5, 5.41) is 67.5. The minimum atomic E-state index is -1.89. The second kappa shape index (κ2) is 7.07. The van der Waals surface area contributed by atoms with Crippen molar-refractivity contribution in [3.05, 3.63) is 22.3 Å². The van der Waals surface area contributed by atoms with Crippen molar-refractivity contribution in [2.75, 3.05) is 6.61 Å². The van der Waals surface area contributed by atoms with Crippen LogP contribution in [-0.2, 0) is 0 Å². The van der Waals surface area contributed by atoms with Crippen molar-refractivity contribution in [3.8, 4) is 0 Å². The lowest BCUT2D eigenvalue weighted by atomic mass is 9.80. The molecule has 0 fully saturated rings. The van der Waals surface area contributed by atoms with Gasteiger partial charge in [-0.15, -0.1) is 0 Å². The standard InChI is InChI=1S/C11H19NO8/c13-4-7(15)10(17)11(18)9(16)5-2-1-3-6(14)8(5)12(19)20/h1,3,5-11,13-18H,2,4H2/t5-,6-,7-,8+,9+,10+,11-/m1/s1. The van der Waals surface area contributed by atoms with E-state index in [0.29, 0.717) is 0 Å². The third-order valence-corrected chi connectivity index (χ3v) is 3.49. The maximum absolute atomic E-state index is 10.9. The van der Waals surface area contributed by atoms with Crippen molar-refractivity contribution < 1.29 is 35.6 Å². The molecule has 0 radical (unpaired) electrons. The Bertz CT molecular complexity index is 362. The van der Waals surface area contributed by atoms with E-state index >= 15 is 0 Å². The Morgan fingerprint density at radius 1 is 1.25 bits per heavy atom. The van der Waals surface area contributed by atoms with Crippen LogP contribution >= 0.6 is 0 Å². The molecule has 20 heavy (non-hydrogen) atoms. The molecule has 0 bridgehead atoms. The summed E-state index contributed by atoms with van der Waals surface area (Å²) in [5.41, 5.74) is 0. The number of aliphatic hydroxyl groups excluding tert-OH is 6. The monoisotopic (exact) mass is 293 g/mol. The first kappa shape index (κ1) is 17.0. The van der Waals surface area contributed by atoms with Crippen molar-refractivity contribution in [3.63, 3.8) is 0 Å². The minimum absolute atomic E-state index is 0.0306. The fourth-order valence-corrected chi connectivity index (χ4v) is 2.30. The van der Waals surface area contributed by atoms with E-state index in [2.05, 4.69) is 0 Å². The Labute approximate surface area is 114 Å². The fourth-order valence-electron chi connectivity index (χ4n) is 2.30. The molecule has 1 rings (SSSR count). The lowest BCUT2D eigenvalue weighted by molar-refractivity contribution is -0.545. The maximum atomic E-state index is 10.9. The zero-order chi connectivity index (χ0) is 15.4. The molecule has 9 nitrogen and oxygen atoms in total. The van der Waals surface area contributed by atoms with Gasteiger partial charge in [0.2, 0.25) is 6.04 Å². The largest absolute Gasteiger partial charge is 0.394 e. The van der Waals surface area contributed by atoms with E-state index in [1.807, 2.05) is 0 Å². The third kappa shape index (κ3) is 3.51. The second-order valence-electron chi connectivity index (χ2n) is 4.82. The number of allylic oxidation sites excluding steroid dienone is 1. The average molecular weight is 293 g/mol. The first-order chi connectivity index (χ1) is 9.31. The molecule has 0 aromatic rings. The molecule has 0 saturated carbocycles. The summed E-state index contributed by atoms with van der Waals surface area (Å²) in [7, 11) is 0.